The fraction of sp³-hybridized carbons (Fsp3) is 0.429. The summed E-state index contributed by atoms with van der Waals surface area (Å²) in [5.74, 6) is -4.63. The Morgan fingerprint density at radius 1 is 1.09 bits per heavy atom. The zero-order valence-corrected chi connectivity index (χ0v) is 18.2. The Morgan fingerprint density at radius 2 is 1.76 bits per heavy atom. The van der Waals surface area contributed by atoms with Crippen LogP contribution in [-0.4, -0.2) is 46.2 Å². The summed E-state index contributed by atoms with van der Waals surface area (Å²) in [4.78, 5) is 32.1. The van der Waals surface area contributed by atoms with Crippen molar-refractivity contribution in [1.82, 2.24) is 20.6 Å². The van der Waals surface area contributed by atoms with Gasteiger partial charge in [0.2, 0.25) is 5.91 Å². The minimum Gasteiger partial charge on any atom is -0.406 e. The Kier molecular flexibility index (Phi) is 7.22. The maximum absolute atomic E-state index is 14.1. The van der Waals surface area contributed by atoms with E-state index in [4.69, 9.17) is 0 Å². The first-order chi connectivity index (χ1) is 15.8. The smallest absolute Gasteiger partial charge is 0.406 e. The monoisotopic (exact) mass is 487 g/mol. The topological polar surface area (TPSA) is 105 Å². The van der Waals surface area contributed by atoms with E-state index in [1.165, 1.54) is 19.1 Å². The van der Waals surface area contributed by atoms with E-state index in [1.807, 2.05) is 0 Å². The minimum atomic E-state index is -4.87. The van der Waals surface area contributed by atoms with Crippen molar-refractivity contribution < 1.29 is 36.3 Å². The second-order valence-corrected chi connectivity index (χ2v) is 7.98. The zero-order chi connectivity index (χ0) is 25.1. The molecule has 8 nitrogen and oxygen atoms in total. The number of rotatable bonds is 6. The van der Waals surface area contributed by atoms with E-state index < -0.39 is 54.8 Å². The number of hydrogen-bond acceptors (Lipinski definition) is 6. The van der Waals surface area contributed by atoms with Crippen LogP contribution in [0.3, 0.4) is 0 Å². The number of carbonyl (C=O) groups excluding carboxylic acids is 2. The quantitative estimate of drug-likeness (QED) is 0.535. The SMILES string of the molecule is CC(=O)N[C@@H]1C[C@H](NC(=O)c2nc(Nc3cc(OC(F)(F)F)ccn3)ccc2C)CC(F)(F)C1. The largest absolute Gasteiger partial charge is 0.573 e. The van der Waals surface area contributed by atoms with E-state index >= 15 is 0 Å². The highest BCUT2D eigenvalue weighted by Crippen LogP contribution is 2.34. The Labute approximate surface area is 191 Å². The minimum absolute atomic E-state index is 0.0190. The van der Waals surface area contributed by atoms with Crippen LogP contribution in [0.15, 0.2) is 30.5 Å². The molecule has 2 atom stereocenters. The van der Waals surface area contributed by atoms with E-state index in [1.54, 1.807) is 6.92 Å². The number of nitrogens with one attached hydrogen (secondary N) is 3. The van der Waals surface area contributed by atoms with Crippen molar-refractivity contribution in [3.8, 4) is 5.75 Å². The molecular formula is C21H22F5N5O3. The van der Waals surface area contributed by atoms with E-state index in [0.29, 0.717) is 5.56 Å². The van der Waals surface area contributed by atoms with Crippen molar-refractivity contribution in [1.29, 1.82) is 0 Å². The van der Waals surface area contributed by atoms with Gasteiger partial charge in [-0.05, 0) is 31.0 Å². The molecule has 1 saturated carbocycles. The lowest BCUT2D eigenvalue weighted by atomic mass is 9.87. The van der Waals surface area contributed by atoms with Crippen LogP contribution in [0, 0.1) is 6.92 Å². The van der Waals surface area contributed by atoms with Crippen LogP contribution in [0.4, 0.5) is 33.6 Å². The van der Waals surface area contributed by atoms with Gasteiger partial charge in [0.1, 0.15) is 23.1 Å². The Bertz CT molecular complexity index is 1060. The van der Waals surface area contributed by atoms with Gasteiger partial charge in [-0.15, -0.1) is 13.2 Å². The molecule has 2 amide bonds. The number of aromatic nitrogens is 2. The molecule has 0 saturated heterocycles. The predicted molar refractivity (Wildman–Crippen MR) is 111 cm³/mol. The van der Waals surface area contributed by atoms with Crippen LogP contribution in [0.5, 0.6) is 5.75 Å². The number of ether oxygens (including phenoxy) is 1. The molecule has 34 heavy (non-hydrogen) atoms. The lowest BCUT2D eigenvalue weighted by molar-refractivity contribution is -0.274. The summed E-state index contributed by atoms with van der Waals surface area (Å²) < 4.78 is 69.3. The van der Waals surface area contributed by atoms with Gasteiger partial charge in [-0.2, -0.15) is 0 Å². The predicted octanol–water partition coefficient (Wildman–Crippen LogP) is 3.85. The summed E-state index contributed by atoms with van der Waals surface area (Å²) in [6.45, 7) is 2.82. The van der Waals surface area contributed by atoms with E-state index in [9.17, 15) is 31.5 Å². The van der Waals surface area contributed by atoms with Crippen molar-refractivity contribution in [3.05, 3.63) is 41.7 Å². The van der Waals surface area contributed by atoms with Crippen LogP contribution in [0.25, 0.3) is 0 Å². The molecule has 3 N–H and O–H groups in total. The molecule has 1 fully saturated rings. The third-order valence-electron chi connectivity index (χ3n) is 4.93. The van der Waals surface area contributed by atoms with Crippen LogP contribution < -0.4 is 20.7 Å². The Balaban J connectivity index is 1.73. The summed E-state index contributed by atoms with van der Waals surface area (Å²) in [5.41, 5.74) is 0.392. The van der Waals surface area contributed by atoms with Gasteiger partial charge in [-0.25, -0.2) is 18.7 Å². The highest BCUT2D eigenvalue weighted by atomic mass is 19.4. The number of nitrogens with zero attached hydrogens (tertiary/aromatic N) is 2. The number of anilines is 2. The van der Waals surface area contributed by atoms with Crippen molar-refractivity contribution >= 4 is 23.5 Å². The van der Waals surface area contributed by atoms with Gasteiger partial charge in [0.25, 0.3) is 11.8 Å². The molecule has 0 aromatic carbocycles. The van der Waals surface area contributed by atoms with Gasteiger partial charge < -0.3 is 20.7 Å². The second-order valence-electron chi connectivity index (χ2n) is 7.98. The summed E-state index contributed by atoms with van der Waals surface area (Å²) in [7, 11) is 0. The highest BCUT2D eigenvalue weighted by molar-refractivity contribution is 5.94. The molecule has 184 valence electrons. The first-order valence-electron chi connectivity index (χ1n) is 10.2. The van der Waals surface area contributed by atoms with Crippen molar-refractivity contribution in [2.24, 2.45) is 0 Å². The number of pyridine rings is 2. The molecule has 0 aliphatic heterocycles. The van der Waals surface area contributed by atoms with Crippen LogP contribution >= 0.6 is 0 Å². The molecular weight excluding hydrogens is 465 g/mol. The standard InChI is InChI=1S/C21H22F5N5O3/c1-11-3-4-16(30-17-8-15(5-6-27-17)34-21(24,25)26)31-18(11)19(33)29-14-7-13(28-12(2)32)9-20(22,23)10-14/h3-6,8,13-14H,7,9-10H2,1-2H3,(H,28,32)(H,29,33)(H,27,30,31)/t13-,14+/m1/s1. The maximum Gasteiger partial charge on any atom is 0.573 e. The average Bonchev–Trinajstić information content (AvgIpc) is 2.66. The summed E-state index contributed by atoms with van der Waals surface area (Å²) in [6.07, 6.45) is -4.74. The van der Waals surface area contributed by atoms with E-state index in [0.717, 1.165) is 18.3 Å². The molecule has 0 unspecified atom stereocenters. The molecule has 2 heterocycles. The molecule has 3 rings (SSSR count). The van der Waals surface area contributed by atoms with E-state index in [-0.39, 0.29) is 23.8 Å². The van der Waals surface area contributed by atoms with Crippen LogP contribution in [0.2, 0.25) is 0 Å². The zero-order valence-electron chi connectivity index (χ0n) is 18.2. The first kappa shape index (κ1) is 25.1. The van der Waals surface area contributed by atoms with Crippen LogP contribution in [-0.2, 0) is 4.79 Å². The van der Waals surface area contributed by atoms with Gasteiger partial charge in [0.15, 0.2) is 0 Å². The van der Waals surface area contributed by atoms with Gasteiger partial charge in [-0.3, -0.25) is 9.59 Å². The third-order valence-corrected chi connectivity index (χ3v) is 4.93. The highest BCUT2D eigenvalue weighted by Gasteiger charge is 2.42. The third kappa shape index (κ3) is 7.25. The van der Waals surface area contributed by atoms with Crippen LogP contribution in [0.1, 0.15) is 42.2 Å². The molecule has 2 aromatic heterocycles. The number of halogens is 5. The normalized spacial score (nSPS) is 19.7. The number of hydrogen-bond donors (Lipinski definition) is 3. The number of alkyl halides is 5. The molecule has 13 heteroatoms. The molecule has 2 aromatic rings. The van der Waals surface area contributed by atoms with Gasteiger partial charge in [0.05, 0.1) is 0 Å². The number of aryl methyl sites for hydroxylation is 1. The second kappa shape index (κ2) is 9.77. The Hall–Kier alpha value is -3.51. The van der Waals surface area contributed by atoms with E-state index in [2.05, 4.69) is 30.7 Å². The molecule has 0 bridgehead atoms. The molecule has 1 aliphatic rings. The Morgan fingerprint density at radius 3 is 2.41 bits per heavy atom. The summed E-state index contributed by atoms with van der Waals surface area (Å²) in [5, 5.41) is 7.68. The average molecular weight is 487 g/mol. The molecule has 1 aliphatic carbocycles. The number of carbonyl (C=O) groups is 2. The molecule has 0 radical (unpaired) electrons. The van der Waals surface area contributed by atoms with Gasteiger partial charge >= 0.3 is 6.36 Å². The fourth-order valence-corrected chi connectivity index (χ4v) is 3.71. The fourth-order valence-electron chi connectivity index (χ4n) is 3.71. The summed E-state index contributed by atoms with van der Waals surface area (Å²) >= 11 is 0. The van der Waals surface area contributed by atoms with Crippen molar-refractivity contribution in [2.45, 2.75) is 57.5 Å². The molecule has 0 spiro atoms. The first-order valence-corrected chi connectivity index (χ1v) is 10.2. The lowest BCUT2D eigenvalue weighted by Crippen LogP contribution is -2.51. The lowest BCUT2D eigenvalue weighted by Gasteiger charge is -2.35. The van der Waals surface area contributed by atoms with Crippen molar-refractivity contribution in [2.75, 3.05) is 5.32 Å². The maximum atomic E-state index is 14.1. The van der Waals surface area contributed by atoms with Gasteiger partial charge in [-0.1, -0.05) is 6.07 Å². The summed E-state index contributed by atoms with van der Waals surface area (Å²) in [6, 6.07) is 3.35. The number of amides is 2. The van der Waals surface area contributed by atoms with Gasteiger partial charge in [0, 0.05) is 44.1 Å². The van der Waals surface area contributed by atoms with Crippen molar-refractivity contribution in [3.63, 3.8) is 0 Å².